The minimum atomic E-state index is 0.170. The third kappa shape index (κ3) is 2.48. The van der Waals surface area contributed by atoms with Gasteiger partial charge in [-0.25, -0.2) is 9.97 Å². The van der Waals surface area contributed by atoms with Crippen molar-refractivity contribution >= 4 is 22.7 Å². The molecule has 1 unspecified atom stereocenters. The lowest BCUT2D eigenvalue weighted by Crippen LogP contribution is -2.17. The Kier molecular flexibility index (Phi) is 3.37. The van der Waals surface area contributed by atoms with E-state index < -0.39 is 0 Å². The molecule has 0 aliphatic rings. The summed E-state index contributed by atoms with van der Waals surface area (Å²) in [7, 11) is 0. The van der Waals surface area contributed by atoms with Crippen LogP contribution in [-0.4, -0.2) is 16.0 Å². The summed E-state index contributed by atoms with van der Waals surface area (Å²) in [5, 5.41) is 4.29. The smallest absolute Gasteiger partial charge is 0.0948 e. The maximum absolute atomic E-state index is 5.76. The van der Waals surface area contributed by atoms with Crippen LogP contribution in [-0.2, 0) is 6.42 Å². The van der Waals surface area contributed by atoms with Crippen LogP contribution in [0.4, 0.5) is 0 Å². The van der Waals surface area contributed by atoms with Crippen LogP contribution >= 0.6 is 22.7 Å². The Bertz CT molecular complexity index is 485. The highest BCUT2D eigenvalue weighted by molar-refractivity contribution is 7.15. The first-order valence-corrected chi connectivity index (χ1v) is 6.90. The average Bonchev–Trinajstić information content (AvgIpc) is 2.72. The van der Waals surface area contributed by atoms with E-state index in [1.807, 2.05) is 20.8 Å². The van der Waals surface area contributed by atoms with E-state index in [2.05, 4.69) is 15.3 Å². The Hall–Kier alpha value is -0.780. The highest BCUT2D eigenvalue weighted by Gasteiger charge is 2.11. The molecule has 0 aliphatic heterocycles. The van der Waals surface area contributed by atoms with E-state index in [1.54, 1.807) is 22.7 Å². The molecule has 2 N–H and O–H groups in total. The molecule has 0 saturated carbocycles. The van der Waals surface area contributed by atoms with Gasteiger partial charge >= 0.3 is 0 Å². The van der Waals surface area contributed by atoms with Crippen LogP contribution in [0.2, 0.25) is 0 Å². The molecule has 0 spiro atoms. The molecule has 1 atom stereocenters. The van der Waals surface area contributed by atoms with Crippen molar-refractivity contribution in [2.24, 2.45) is 5.73 Å². The minimum absolute atomic E-state index is 0.170. The van der Waals surface area contributed by atoms with Crippen LogP contribution < -0.4 is 5.73 Å². The summed E-state index contributed by atoms with van der Waals surface area (Å²) in [6.07, 6.45) is 0.849. The minimum Gasteiger partial charge on any atom is -0.328 e. The zero-order valence-corrected chi connectivity index (χ0v) is 11.3. The lowest BCUT2D eigenvalue weighted by atomic mass is 10.2. The van der Waals surface area contributed by atoms with Crippen LogP contribution in [0.3, 0.4) is 0 Å². The number of hydrogen-bond donors (Lipinski definition) is 1. The Morgan fingerprint density at radius 2 is 2.12 bits per heavy atom. The van der Waals surface area contributed by atoms with Crippen molar-refractivity contribution in [1.29, 1.82) is 0 Å². The fourth-order valence-corrected chi connectivity index (χ4v) is 3.44. The second-order valence-corrected chi connectivity index (χ2v) is 6.10. The topological polar surface area (TPSA) is 51.8 Å². The number of nitrogens with zero attached hydrogens (tertiary/aromatic N) is 2. The molecule has 0 aromatic carbocycles. The second-order valence-electron chi connectivity index (χ2n) is 3.96. The number of hydrogen-bond acceptors (Lipinski definition) is 5. The van der Waals surface area contributed by atoms with E-state index in [9.17, 15) is 0 Å². The summed E-state index contributed by atoms with van der Waals surface area (Å²) in [5.41, 5.74) is 7.88. The van der Waals surface area contributed by atoms with E-state index in [0.717, 1.165) is 27.8 Å². The fraction of sp³-hybridized carbons (Fsp3) is 0.455. The van der Waals surface area contributed by atoms with Gasteiger partial charge in [-0.05, 0) is 20.8 Å². The molecule has 2 aromatic rings. The summed E-state index contributed by atoms with van der Waals surface area (Å²) < 4.78 is 0. The van der Waals surface area contributed by atoms with Gasteiger partial charge in [-0.15, -0.1) is 22.7 Å². The van der Waals surface area contributed by atoms with E-state index >= 15 is 0 Å². The molecule has 3 nitrogen and oxygen atoms in total. The van der Waals surface area contributed by atoms with E-state index in [4.69, 9.17) is 5.73 Å². The molecule has 2 heterocycles. The normalized spacial score (nSPS) is 13.0. The highest BCUT2D eigenvalue weighted by Crippen LogP contribution is 2.30. The van der Waals surface area contributed by atoms with Gasteiger partial charge in [0.25, 0.3) is 0 Å². The van der Waals surface area contributed by atoms with Gasteiger partial charge in [-0.1, -0.05) is 0 Å². The molecule has 2 rings (SSSR count). The van der Waals surface area contributed by atoms with Crippen molar-refractivity contribution in [2.75, 3.05) is 0 Å². The van der Waals surface area contributed by atoms with E-state index in [1.165, 1.54) is 4.88 Å². The predicted octanol–water partition coefficient (Wildman–Crippen LogP) is 2.77. The third-order valence-electron chi connectivity index (χ3n) is 2.18. The first-order chi connectivity index (χ1) is 7.56. The molecule has 86 valence electrons. The zero-order valence-electron chi connectivity index (χ0n) is 9.65. The van der Waals surface area contributed by atoms with Crippen molar-refractivity contribution in [2.45, 2.75) is 33.2 Å². The van der Waals surface area contributed by atoms with E-state index in [-0.39, 0.29) is 6.04 Å². The van der Waals surface area contributed by atoms with Gasteiger partial charge in [-0.3, -0.25) is 0 Å². The molecule has 0 aliphatic carbocycles. The second kappa shape index (κ2) is 4.61. The van der Waals surface area contributed by atoms with Crippen LogP contribution in [0.15, 0.2) is 5.38 Å². The van der Waals surface area contributed by atoms with Crippen LogP contribution in [0, 0.1) is 13.8 Å². The summed E-state index contributed by atoms with van der Waals surface area (Å²) in [6, 6.07) is 0.170. The first-order valence-electron chi connectivity index (χ1n) is 5.20. The largest absolute Gasteiger partial charge is 0.328 e. The van der Waals surface area contributed by atoms with Crippen molar-refractivity contribution in [1.82, 2.24) is 9.97 Å². The standard InChI is InChI=1S/C11H15N3S2/c1-6(12)4-10-14-9(5-15-10)11-7(2)13-8(3)16-11/h5-6H,4,12H2,1-3H3. The van der Waals surface area contributed by atoms with Gasteiger partial charge in [0.2, 0.25) is 0 Å². The SMILES string of the molecule is Cc1nc(C)c(-c2csc(CC(C)N)n2)s1. The number of thiazole rings is 2. The number of rotatable bonds is 3. The summed E-state index contributed by atoms with van der Waals surface area (Å²) in [4.78, 5) is 10.2. The molecule has 2 aromatic heterocycles. The molecular formula is C11H15N3S2. The maximum atomic E-state index is 5.76. The molecule has 0 saturated heterocycles. The molecule has 0 radical (unpaired) electrons. The molecule has 16 heavy (non-hydrogen) atoms. The van der Waals surface area contributed by atoms with Crippen molar-refractivity contribution in [3.8, 4) is 10.6 Å². The van der Waals surface area contributed by atoms with Gasteiger partial charge in [0.05, 0.1) is 26.3 Å². The highest BCUT2D eigenvalue weighted by atomic mass is 32.1. The summed E-state index contributed by atoms with van der Waals surface area (Å²) in [6.45, 7) is 6.06. The lowest BCUT2D eigenvalue weighted by molar-refractivity contribution is 0.734. The van der Waals surface area contributed by atoms with Crippen LogP contribution in [0.25, 0.3) is 10.6 Å². The summed E-state index contributed by atoms with van der Waals surface area (Å²) >= 11 is 3.38. The van der Waals surface area contributed by atoms with Crippen LogP contribution in [0.1, 0.15) is 22.6 Å². The van der Waals surface area contributed by atoms with Crippen molar-refractivity contribution < 1.29 is 0 Å². The Balaban J connectivity index is 2.28. The average molecular weight is 253 g/mol. The Labute approximate surface area is 103 Å². The van der Waals surface area contributed by atoms with Crippen molar-refractivity contribution in [3.63, 3.8) is 0 Å². The maximum Gasteiger partial charge on any atom is 0.0948 e. The monoisotopic (exact) mass is 253 g/mol. The quantitative estimate of drug-likeness (QED) is 0.915. The van der Waals surface area contributed by atoms with Crippen molar-refractivity contribution in [3.05, 3.63) is 21.1 Å². The summed E-state index contributed by atoms with van der Waals surface area (Å²) in [5.74, 6) is 0. The molecule has 0 bridgehead atoms. The van der Waals surface area contributed by atoms with Gasteiger partial charge in [0.1, 0.15) is 0 Å². The molecule has 0 amide bonds. The van der Waals surface area contributed by atoms with E-state index in [0.29, 0.717) is 0 Å². The number of nitrogens with two attached hydrogens (primary N) is 1. The number of aromatic nitrogens is 2. The Morgan fingerprint density at radius 1 is 1.38 bits per heavy atom. The lowest BCUT2D eigenvalue weighted by Gasteiger charge is -1.99. The molecule has 5 heteroatoms. The third-order valence-corrected chi connectivity index (χ3v) is 4.15. The van der Waals surface area contributed by atoms with Gasteiger partial charge in [0.15, 0.2) is 0 Å². The van der Waals surface area contributed by atoms with Gasteiger partial charge < -0.3 is 5.73 Å². The molecular weight excluding hydrogens is 238 g/mol. The van der Waals surface area contributed by atoms with Gasteiger partial charge in [0, 0.05) is 17.8 Å². The first kappa shape index (κ1) is 11.7. The fourth-order valence-electron chi connectivity index (χ4n) is 1.55. The zero-order chi connectivity index (χ0) is 11.7. The Morgan fingerprint density at radius 3 is 2.69 bits per heavy atom. The predicted molar refractivity (Wildman–Crippen MR) is 70.0 cm³/mol. The van der Waals surface area contributed by atoms with Gasteiger partial charge in [-0.2, -0.15) is 0 Å². The molecule has 0 fully saturated rings. The number of aryl methyl sites for hydroxylation is 2. The van der Waals surface area contributed by atoms with Crippen LogP contribution in [0.5, 0.6) is 0 Å².